The van der Waals surface area contributed by atoms with E-state index < -0.39 is 20.1 Å². The quantitative estimate of drug-likeness (QED) is 0.341. The summed E-state index contributed by atoms with van der Waals surface area (Å²) in [6.07, 6.45) is 2.42. The minimum Gasteiger partial charge on any atom is -0.497 e. The normalized spacial score (nSPS) is 12.1. The highest BCUT2D eigenvalue weighted by Crippen LogP contribution is 2.22. The lowest BCUT2D eigenvalue weighted by atomic mass is 10.2. The molecule has 0 radical (unpaired) electrons. The maximum atomic E-state index is 13.5. The highest BCUT2D eigenvalue weighted by Gasteiger charge is 2.27. The lowest BCUT2D eigenvalue weighted by Crippen LogP contribution is -2.30. The molecule has 2 aromatic carbocycles. The van der Waals surface area contributed by atoms with E-state index in [1.165, 1.54) is 21.3 Å². The van der Waals surface area contributed by atoms with Gasteiger partial charge in [-0.25, -0.2) is 8.42 Å². The van der Waals surface area contributed by atoms with Crippen molar-refractivity contribution in [2.75, 3.05) is 27.1 Å². The Bertz CT molecular complexity index is 1240. The first kappa shape index (κ1) is 25.7. The third-order valence-corrected chi connectivity index (χ3v) is 7.15. The van der Waals surface area contributed by atoms with Crippen LogP contribution in [-0.2, 0) is 44.0 Å². The van der Waals surface area contributed by atoms with Crippen LogP contribution in [-0.4, -0.2) is 58.0 Å². The van der Waals surface area contributed by atoms with E-state index in [2.05, 4.69) is 5.10 Å². The smallest absolute Gasteiger partial charge is 0.264 e. The summed E-state index contributed by atoms with van der Waals surface area (Å²) in [7, 11) is -4.45. The summed E-state index contributed by atoms with van der Waals surface area (Å²) in [6.45, 7) is 0.159. The minimum atomic E-state index is -3.98. The van der Waals surface area contributed by atoms with E-state index in [-0.39, 0.29) is 31.3 Å². The molecule has 1 heterocycles. The van der Waals surface area contributed by atoms with Gasteiger partial charge in [-0.05, 0) is 41.5 Å². The molecule has 1 aromatic heterocycles. The second-order valence-corrected chi connectivity index (χ2v) is 10.9. The zero-order valence-electron chi connectivity index (χ0n) is 19.1. The summed E-state index contributed by atoms with van der Waals surface area (Å²) in [6, 6.07) is 15.7. The lowest BCUT2D eigenvalue weighted by Gasteiger charge is -2.21. The van der Waals surface area contributed by atoms with Crippen LogP contribution in [0.3, 0.4) is 0 Å². The first-order valence-electron chi connectivity index (χ1n) is 10.2. The van der Waals surface area contributed by atoms with Crippen molar-refractivity contribution in [1.29, 1.82) is 0 Å². The zero-order valence-corrected chi connectivity index (χ0v) is 20.8. The summed E-state index contributed by atoms with van der Waals surface area (Å²) >= 11 is 0. The molecule has 0 atom stereocenters. The van der Waals surface area contributed by atoms with Crippen LogP contribution in [0.2, 0.25) is 0 Å². The van der Waals surface area contributed by atoms with Gasteiger partial charge < -0.3 is 9.47 Å². The van der Waals surface area contributed by atoms with E-state index in [0.29, 0.717) is 11.5 Å². The van der Waals surface area contributed by atoms with E-state index >= 15 is 0 Å². The minimum absolute atomic E-state index is 0.0829. The van der Waals surface area contributed by atoms with Gasteiger partial charge in [-0.3, -0.25) is 8.86 Å². The molecular formula is C22H27N3O7S2. The molecule has 184 valence electrons. The van der Waals surface area contributed by atoms with Gasteiger partial charge in [0.05, 0.1) is 33.6 Å². The predicted molar refractivity (Wildman–Crippen MR) is 125 cm³/mol. The van der Waals surface area contributed by atoms with Crippen molar-refractivity contribution in [2.45, 2.75) is 24.7 Å². The first-order valence-corrected chi connectivity index (χ1v) is 13.5. The maximum absolute atomic E-state index is 13.5. The number of methoxy groups -OCH3 is 2. The fraction of sp³-hybridized carbons (Fsp3) is 0.318. The molecule has 12 heteroatoms. The van der Waals surface area contributed by atoms with E-state index in [1.807, 2.05) is 0 Å². The Morgan fingerprint density at radius 1 is 0.824 bits per heavy atom. The van der Waals surface area contributed by atoms with Gasteiger partial charge >= 0.3 is 0 Å². The summed E-state index contributed by atoms with van der Waals surface area (Å²) in [5.74, 6) is 1.34. The number of sulfonamides is 1. The third kappa shape index (κ3) is 7.03. The van der Waals surface area contributed by atoms with Gasteiger partial charge in [-0.1, -0.05) is 24.3 Å². The second kappa shape index (κ2) is 11.0. The van der Waals surface area contributed by atoms with Gasteiger partial charge in [0.15, 0.2) is 5.03 Å². The molecule has 3 aromatic rings. The van der Waals surface area contributed by atoms with Crippen molar-refractivity contribution in [3.05, 3.63) is 71.9 Å². The fourth-order valence-electron chi connectivity index (χ4n) is 3.11. The summed E-state index contributed by atoms with van der Waals surface area (Å²) in [5, 5.41) is 3.99. The van der Waals surface area contributed by atoms with E-state index in [0.717, 1.165) is 17.4 Å². The average Bonchev–Trinajstić information content (AvgIpc) is 3.28. The van der Waals surface area contributed by atoms with Crippen LogP contribution < -0.4 is 9.47 Å². The molecule has 0 aliphatic rings. The van der Waals surface area contributed by atoms with Gasteiger partial charge in [0.1, 0.15) is 11.5 Å². The molecule has 0 fully saturated rings. The van der Waals surface area contributed by atoms with Crippen LogP contribution in [0.15, 0.2) is 65.8 Å². The number of aromatic nitrogens is 2. The van der Waals surface area contributed by atoms with Crippen LogP contribution in [0.5, 0.6) is 11.5 Å². The monoisotopic (exact) mass is 509 g/mol. The maximum Gasteiger partial charge on any atom is 0.264 e. The average molecular weight is 510 g/mol. The molecule has 0 saturated carbocycles. The molecule has 0 amide bonds. The number of nitrogens with zero attached hydrogens (tertiary/aromatic N) is 3. The van der Waals surface area contributed by atoms with Crippen molar-refractivity contribution in [3.8, 4) is 11.5 Å². The first-order chi connectivity index (χ1) is 16.1. The molecular weight excluding hydrogens is 482 g/mol. The van der Waals surface area contributed by atoms with Crippen molar-refractivity contribution < 1.29 is 30.5 Å². The standard InChI is InChI=1S/C22H27N3O7S2/c1-30-20-8-4-18(5-9-20)16-25(17-19-6-10-21(31-2)11-7-19)34(28,29)22-12-13-24(23-22)14-15-32-33(3,26)27/h4-13H,14-17H2,1-3H3. The van der Waals surface area contributed by atoms with E-state index in [4.69, 9.17) is 13.7 Å². The topological polar surface area (TPSA) is 117 Å². The van der Waals surface area contributed by atoms with Gasteiger partial charge in [-0.2, -0.15) is 17.8 Å². The molecule has 3 rings (SSSR count). The Hall–Kier alpha value is -2.93. The van der Waals surface area contributed by atoms with Crippen molar-refractivity contribution in [3.63, 3.8) is 0 Å². The molecule has 0 saturated heterocycles. The Morgan fingerprint density at radius 3 is 1.76 bits per heavy atom. The molecule has 0 bridgehead atoms. The van der Waals surface area contributed by atoms with Gasteiger partial charge in [0, 0.05) is 19.3 Å². The van der Waals surface area contributed by atoms with E-state index in [9.17, 15) is 16.8 Å². The number of rotatable bonds is 12. The predicted octanol–water partition coefficient (Wildman–Crippen LogP) is 2.27. The molecule has 0 N–H and O–H groups in total. The Balaban J connectivity index is 1.85. The molecule has 34 heavy (non-hydrogen) atoms. The Kier molecular flexibility index (Phi) is 8.31. The number of hydrogen-bond acceptors (Lipinski definition) is 8. The number of hydrogen-bond donors (Lipinski definition) is 0. The van der Waals surface area contributed by atoms with E-state index in [1.54, 1.807) is 62.8 Å². The highest BCUT2D eigenvalue weighted by atomic mass is 32.2. The number of benzene rings is 2. The highest BCUT2D eigenvalue weighted by molar-refractivity contribution is 7.89. The van der Waals surface area contributed by atoms with Crippen LogP contribution in [0.4, 0.5) is 0 Å². The third-order valence-electron chi connectivity index (χ3n) is 4.87. The van der Waals surface area contributed by atoms with Gasteiger partial charge in [0.25, 0.3) is 20.1 Å². The van der Waals surface area contributed by atoms with Crippen LogP contribution in [0.1, 0.15) is 11.1 Å². The molecule has 0 spiro atoms. The van der Waals surface area contributed by atoms with Crippen molar-refractivity contribution in [1.82, 2.24) is 14.1 Å². The van der Waals surface area contributed by atoms with Crippen LogP contribution in [0.25, 0.3) is 0 Å². The van der Waals surface area contributed by atoms with Gasteiger partial charge in [-0.15, -0.1) is 0 Å². The summed E-state index contributed by atoms with van der Waals surface area (Å²) in [4.78, 5) is 0. The fourth-order valence-corrected chi connectivity index (χ4v) is 4.84. The Morgan fingerprint density at radius 2 is 1.32 bits per heavy atom. The summed E-state index contributed by atoms with van der Waals surface area (Å²) in [5.41, 5.74) is 1.55. The Labute approximate surface area is 199 Å². The van der Waals surface area contributed by atoms with Crippen LogP contribution >= 0.6 is 0 Å². The lowest BCUT2D eigenvalue weighted by molar-refractivity contribution is 0.296. The molecule has 0 unspecified atom stereocenters. The summed E-state index contributed by atoms with van der Waals surface area (Å²) < 4.78 is 67.0. The number of ether oxygens (including phenoxy) is 2. The van der Waals surface area contributed by atoms with Gasteiger partial charge in [0.2, 0.25) is 0 Å². The van der Waals surface area contributed by atoms with Crippen molar-refractivity contribution >= 4 is 20.1 Å². The molecule has 0 aliphatic carbocycles. The zero-order chi connectivity index (χ0) is 24.8. The second-order valence-electron chi connectivity index (χ2n) is 7.41. The largest absolute Gasteiger partial charge is 0.497 e. The van der Waals surface area contributed by atoms with Crippen molar-refractivity contribution in [2.24, 2.45) is 0 Å². The van der Waals surface area contributed by atoms with Crippen LogP contribution in [0, 0.1) is 0 Å². The molecule has 0 aliphatic heterocycles. The molecule has 10 nitrogen and oxygen atoms in total. The SMILES string of the molecule is COc1ccc(CN(Cc2ccc(OC)cc2)S(=O)(=O)c2ccn(CCOS(C)(=O)=O)n2)cc1.